The Kier molecular flexibility index (Phi) is 5.79. The monoisotopic (exact) mass is 613 g/mol. The number of para-hydroxylation sites is 1. The molecule has 218 valence electrons. The fourth-order valence-electron chi connectivity index (χ4n) is 6.22. The van der Waals surface area contributed by atoms with Gasteiger partial charge in [0.25, 0.3) is 0 Å². The Morgan fingerprint density at radius 2 is 0.978 bits per heavy atom. The van der Waals surface area contributed by atoms with E-state index in [0.29, 0.717) is 34.2 Å². The molecule has 0 aliphatic carbocycles. The number of furan rings is 1. The lowest BCUT2D eigenvalue weighted by Crippen LogP contribution is -2.00. The zero-order valence-electron chi connectivity index (χ0n) is 24.3. The molecule has 0 radical (unpaired) electrons. The highest BCUT2D eigenvalue weighted by Gasteiger charge is 2.33. The van der Waals surface area contributed by atoms with E-state index in [1.165, 1.54) is 0 Å². The summed E-state index contributed by atoms with van der Waals surface area (Å²) in [4.78, 5) is 15.0. The zero-order valence-corrected chi connectivity index (χ0v) is 25.1. The van der Waals surface area contributed by atoms with Crippen LogP contribution in [0.5, 0.6) is 0 Å². The lowest BCUT2D eigenvalue weighted by Gasteiger charge is -2.09. The molecule has 7 heteroatoms. The molecule has 1 aliphatic heterocycles. The number of hydrogen-bond donors (Lipinski definition) is 0. The smallest absolute Gasteiger partial charge is 0.207 e. The number of fused-ring (bicyclic) bond motifs is 6. The van der Waals surface area contributed by atoms with Crippen LogP contribution in [0.4, 0.5) is 0 Å². The van der Waals surface area contributed by atoms with Crippen LogP contribution in [0, 0.1) is 0 Å². The Morgan fingerprint density at radius 1 is 0.413 bits per heavy atom. The highest BCUT2D eigenvalue weighted by Crippen LogP contribution is 2.46. The van der Waals surface area contributed by atoms with Crippen molar-refractivity contribution in [1.82, 2.24) is 15.0 Å². The molecule has 2 aromatic heterocycles. The van der Waals surface area contributed by atoms with E-state index in [1.54, 1.807) is 18.2 Å². The highest BCUT2D eigenvalue weighted by atomic mass is 32.2. The maximum Gasteiger partial charge on any atom is 0.207 e. The summed E-state index contributed by atoms with van der Waals surface area (Å²) >= 11 is 0. The van der Waals surface area contributed by atoms with Crippen molar-refractivity contribution in [3.8, 4) is 56.4 Å². The Hall–Kier alpha value is -5.92. The predicted molar refractivity (Wildman–Crippen MR) is 180 cm³/mol. The first-order chi connectivity index (χ1) is 22.5. The van der Waals surface area contributed by atoms with Crippen LogP contribution in [0.3, 0.4) is 0 Å². The maximum atomic E-state index is 13.9. The van der Waals surface area contributed by atoms with Gasteiger partial charge in [0, 0.05) is 38.6 Å². The molecule has 0 unspecified atom stereocenters. The fraction of sp³-hybridized carbons (Fsp3) is 0. The number of hydrogen-bond acceptors (Lipinski definition) is 6. The van der Waals surface area contributed by atoms with Crippen molar-refractivity contribution in [2.45, 2.75) is 9.79 Å². The Labute approximate surface area is 264 Å². The van der Waals surface area contributed by atoms with Gasteiger partial charge >= 0.3 is 0 Å². The standard InChI is InChI=1S/C39H23N3O3S/c43-46(44)35-20-17-28(39-41-37(24-9-3-1-4-10-24)40-38(42-39)25-11-5-2-6-12-25)21-32(35)31-19-16-27(23-36(31)46)26-15-18-30-29-13-7-8-14-33(29)45-34(30)22-26/h1-23H. The van der Waals surface area contributed by atoms with Crippen LogP contribution in [0.15, 0.2) is 154 Å². The third-order valence-electron chi connectivity index (χ3n) is 8.50. The summed E-state index contributed by atoms with van der Waals surface area (Å²) in [5, 5.41) is 2.08. The van der Waals surface area contributed by atoms with Crippen molar-refractivity contribution in [1.29, 1.82) is 0 Å². The summed E-state index contributed by atoms with van der Waals surface area (Å²) in [5.41, 5.74) is 7.00. The van der Waals surface area contributed by atoms with Crippen LogP contribution in [-0.2, 0) is 9.84 Å². The molecule has 1 aliphatic rings. The van der Waals surface area contributed by atoms with Gasteiger partial charge in [0.1, 0.15) is 11.2 Å². The minimum atomic E-state index is -3.74. The second-order valence-corrected chi connectivity index (χ2v) is 13.2. The predicted octanol–water partition coefficient (Wildman–Crippen LogP) is 9.25. The van der Waals surface area contributed by atoms with Gasteiger partial charge in [-0.2, -0.15) is 0 Å². The van der Waals surface area contributed by atoms with Crippen molar-refractivity contribution in [2.24, 2.45) is 0 Å². The van der Waals surface area contributed by atoms with Crippen molar-refractivity contribution in [2.75, 3.05) is 0 Å². The van der Waals surface area contributed by atoms with Gasteiger partial charge < -0.3 is 4.42 Å². The van der Waals surface area contributed by atoms with Crippen molar-refractivity contribution in [3.63, 3.8) is 0 Å². The SMILES string of the molecule is O=S1(=O)c2ccc(-c3nc(-c4ccccc4)nc(-c4ccccc4)n3)cc2-c2ccc(-c3ccc4c(c3)oc3ccccc34)cc21. The van der Waals surface area contributed by atoms with Crippen LogP contribution in [0.25, 0.3) is 78.4 Å². The van der Waals surface area contributed by atoms with Crippen LogP contribution >= 0.6 is 0 Å². The van der Waals surface area contributed by atoms with Crippen molar-refractivity contribution in [3.05, 3.63) is 140 Å². The lowest BCUT2D eigenvalue weighted by molar-refractivity contribution is 0.598. The molecule has 46 heavy (non-hydrogen) atoms. The van der Waals surface area contributed by atoms with E-state index in [4.69, 9.17) is 19.4 Å². The molecular formula is C39H23N3O3S. The van der Waals surface area contributed by atoms with E-state index in [1.807, 2.05) is 121 Å². The van der Waals surface area contributed by atoms with Gasteiger partial charge in [0.05, 0.1) is 9.79 Å². The summed E-state index contributed by atoms with van der Waals surface area (Å²) in [6, 6.07) is 44.4. The Balaban J connectivity index is 1.16. The van der Waals surface area contributed by atoms with E-state index in [9.17, 15) is 8.42 Å². The van der Waals surface area contributed by atoms with Crippen LogP contribution in [0.2, 0.25) is 0 Å². The van der Waals surface area contributed by atoms with E-state index < -0.39 is 9.84 Å². The molecule has 0 spiro atoms. The molecule has 0 N–H and O–H groups in total. The number of aromatic nitrogens is 3. The molecule has 0 amide bonds. The summed E-state index contributed by atoms with van der Waals surface area (Å²) in [6.07, 6.45) is 0. The summed E-state index contributed by atoms with van der Waals surface area (Å²) < 4.78 is 33.8. The van der Waals surface area contributed by atoms with E-state index in [-0.39, 0.29) is 9.79 Å². The van der Waals surface area contributed by atoms with Gasteiger partial charge in [-0.3, -0.25) is 0 Å². The Bertz CT molecular complexity index is 2540. The first-order valence-corrected chi connectivity index (χ1v) is 16.3. The van der Waals surface area contributed by atoms with Gasteiger partial charge in [0.15, 0.2) is 17.5 Å². The highest BCUT2D eigenvalue weighted by molar-refractivity contribution is 7.92. The van der Waals surface area contributed by atoms with Gasteiger partial charge in [-0.15, -0.1) is 0 Å². The molecule has 0 atom stereocenters. The van der Waals surface area contributed by atoms with Gasteiger partial charge in [-0.05, 0) is 53.6 Å². The van der Waals surface area contributed by atoms with Gasteiger partial charge in [-0.25, -0.2) is 23.4 Å². The normalized spacial score (nSPS) is 13.1. The minimum Gasteiger partial charge on any atom is -0.456 e. The summed E-state index contributed by atoms with van der Waals surface area (Å²) in [7, 11) is -3.74. The minimum absolute atomic E-state index is 0.275. The molecule has 0 fully saturated rings. The number of sulfone groups is 1. The van der Waals surface area contributed by atoms with Crippen molar-refractivity contribution < 1.29 is 12.8 Å². The van der Waals surface area contributed by atoms with Crippen molar-refractivity contribution >= 4 is 31.8 Å². The van der Waals surface area contributed by atoms with E-state index in [2.05, 4.69) is 0 Å². The van der Waals surface area contributed by atoms with Gasteiger partial charge in [0.2, 0.25) is 9.84 Å². The van der Waals surface area contributed by atoms with Crippen LogP contribution < -0.4 is 0 Å². The molecule has 6 nitrogen and oxygen atoms in total. The molecule has 0 saturated heterocycles. The second kappa shape index (κ2) is 10.1. The van der Waals surface area contributed by atoms with Crippen LogP contribution in [0.1, 0.15) is 0 Å². The molecule has 3 heterocycles. The third-order valence-corrected chi connectivity index (χ3v) is 10.4. The zero-order chi connectivity index (χ0) is 30.8. The lowest BCUT2D eigenvalue weighted by atomic mass is 9.98. The van der Waals surface area contributed by atoms with Crippen LogP contribution in [-0.4, -0.2) is 23.4 Å². The number of rotatable bonds is 4. The maximum absolute atomic E-state index is 13.9. The largest absolute Gasteiger partial charge is 0.456 e. The number of nitrogens with zero attached hydrogens (tertiary/aromatic N) is 3. The topological polar surface area (TPSA) is 86.0 Å². The first kappa shape index (κ1) is 26.5. The molecule has 0 bridgehead atoms. The molecule has 6 aromatic carbocycles. The average molecular weight is 614 g/mol. The van der Waals surface area contributed by atoms with Gasteiger partial charge in [-0.1, -0.05) is 97.1 Å². The molecule has 0 saturated carbocycles. The molecule has 9 rings (SSSR count). The Morgan fingerprint density at radius 3 is 1.70 bits per heavy atom. The fourth-order valence-corrected chi connectivity index (χ4v) is 7.91. The second-order valence-electron chi connectivity index (χ2n) is 11.3. The average Bonchev–Trinajstić information content (AvgIpc) is 3.59. The number of benzene rings is 6. The molecule has 8 aromatic rings. The quantitative estimate of drug-likeness (QED) is 0.197. The van der Waals surface area contributed by atoms with E-state index >= 15 is 0 Å². The third kappa shape index (κ3) is 4.17. The van der Waals surface area contributed by atoms with E-state index in [0.717, 1.165) is 44.2 Å². The summed E-state index contributed by atoms with van der Waals surface area (Å²) in [6.45, 7) is 0. The first-order valence-electron chi connectivity index (χ1n) is 14.9. The summed E-state index contributed by atoms with van der Waals surface area (Å²) in [5.74, 6) is 1.56. The molecular weight excluding hydrogens is 591 g/mol.